The number of carbonyl (C=O) groups excluding carboxylic acids is 1. The van der Waals surface area contributed by atoms with Crippen molar-refractivity contribution < 1.29 is 4.79 Å². The van der Waals surface area contributed by atoms with Gasteiger partial charge in [-0.1, -0.05) is 45.4 Å². The summed E-state index contributed by atoms with van der Waals surface area (Å²) in [5, 5.41) is 3.00. The molecule has 1 atom stereocenters. The molecule has 0 aliphatic carbocycles. The standard InChI is InChI=1S/C15H24N2O/c1-4-12(10-16)9-15(18)17-14-8-6-5-7-13(14)11(2)3/h5-8,11-12H,4,9-10,16H2,1-3H3,(H,17,18). The molecule has 100 valence electrons. The highest BCUT2D eigenvalue weighted by atomic mass is 16.1. The molecule has 3 nitrogen and oxygen atoms in total. The first-order valence-corrected chi connectivity index (χ1v) is 6.67. The van der Waals surface area contributed by atoms with E-state index in [1.165, 1.54) is 5.56 Å². The minimum Gasteiger partial charge on any atom is -0.330 e. The Labute approximate surface area is 110 Å². The van der Waals surface area contributed by atoms with Gasteiger partial charge in [-0.15, -0.1) is 0 Å². The second-order valence-corrected chi connectivity index (χ2v) is 5.00. The van der Waals surface area contributed by atoms with Gasteiger partial charge in [0, 0.05) is 12.1 Å². The van der Waals surface area contributed by atoms with E-state index in [9.17, 15) is 4.79 Å². The Hall–Kier alpha value is -1.35. The number of rotatable bonds is 6. The van der Waals surface area contributed by atoms with Crippen molar-refractivity contribution in [1.82, 2.24) is 0 Å². The molecule has 0 fully saturated rings. The Morgan fingerprint density at radius 1 is 1.33 bits per heavy atom. The number of para-hydroxylation sites is 1. The Bertz CT molecular complexity index is 384. The molecular formula is C15H24N2O. The molecule has 1 aromatic rings. The number of amides is 1. The van der Waals surface area contributed by atoms with Crippen LogP contribution in [-0.4, -0.2) is 12.5 Å². The lowest BCUT2D eigenvalue weighted by atomic mass is 10.00. The molecule has 0 saturated heterocycles. The summed E-state index contributed by atoms with van der Waals surface area (Å²) in [6.45, 7) is 6.88. The molecule has 0 heterocycles. The van der Waals surface area contributed by atoms with Crippen LogP contribution in [0.2, 0.25) is 0 Å². The molecule has 1 rings (SSSR count). The lowest BCUT2D eigenvalue weighted by Gasteiger charge is -2.16. The second-order valence-electron chi connectivity index (χ2n) is 5.00. The number of nitrogens with two attached hydrogens (primary N) is 1. The van der Waals surface area contributed by atoms with Crippen molar-refractivity contribution in [2.45, 2.75) is 39.5 Å². The summed E-state index contributed by atoms with van der Waals surface area (Å²) in [5.74, 6) is 0.731. The van der Waals surface area contributed by atoms with Crippen molar-refractivity contribution in [3.05, 3.63) is 29.8 Å². The summed E-state index contributed by atoms with van der Waals surface area (Å²) in [7, 11) is 0. The van der Waals surface area contributed by atoms with Gasteiger partial charge in [-0.2, -0.15) is 0 Å². The molecule has 0 bridgehead atoms. The maximum absolute atomic E-state index is 11.9. The number of hydrogen-bond donors (Lipinski definition) is 2. The minimum absolute atomic E-state index is 0.0559. The van der Waals surface area contributed by atoms with Crippen molar-refractivity contribution in [1.29, 1.82) is 0 Å². The van der Waals surface area contributed by atoms with Crippen LogP contribution in [0.15, 0.2) is 24.3 Å². The number of benzene rings is 1. The van der Waals surface area contributed by atoms with E-state index >= 15 is 0 Å². The molecule has 3 heteroatoms. The topological polar surface area (TPSA) is 55.1 Å². The van der Waals surface area contributed by atoms with Crippen LogP contribution in [0.25, 0.3) is 0 Å². The van der Waals surface area contributed by atoms with E-state index in [-0.39, 0.29) is 11.8 Å². The van der Waals surface area contributed by atoms with E-state index in [4.69, 9.17) is 5.73 Å². The lowest BCUT2D eigenvalue weighted by molar-refractivity contribution is -0.117. The fourth-order valence-electron chi connectivity index (χ4n) is 1.97. The molecule has 1 amide bonds. The van der Waals surface area contributed by atoms with Crippen LogP contribution >= 0.6 is 0 Å². The average molecular weight is 248 g/mol. The molecule has 1 unspecified atom stereocenters. The molecule has 0 spiro atoms. The summed E-state index contributed by atoms with van der Waals surface area (Å²) in [6.07, 6.45) is 1.44. The highest BCUT2D eigenvalue weighted by Gasteiger charge is 2.13. The summed E-state index contributed by atoms with van der Waals surface area (Å²) in [4.78, 5) is 11.9. The van der Waals surface area contributed by atoms with Crippen molar-refractivity contribution in [2.75, 3.05) is 11.9 Å². The number of hydrogen-bond acceptors (Lipinski definition) is 2. The van der Waals surface area contributed by atoms with Gasteiger partial charge in [0.25, 0.3) is 0 Å². The third kappa shape index (κ3) is 4.15. The van der Waals surface area contributed by atoms with Gasteiger partial charge in [0.2, 0.25) is 5.91 Å². The highest BCUT2D eigenvalue weighted by molar-refractivity contribution is 5.91. The van der Waals surface area contributed by atoms with Gasteiger partial charge in [-0.05, 0) is 30.0 Å². The molecular weight excluding hydrogens is 224 g/mol. The van der Waals surface area contributed by atoms with Gasteiger partial charge in [-0.3, -0.25) is 4.79 Å². The summed E-state index contributed by atoms with van der Waals surface area (Å²) >= 11 is 0. The van der Waals surface area contributed by atoms with Crippen LogP contribution in [0.5, 0.6) is 0 Å². The number of nitrogens with one attached hydrogen (secondary N) is 1. The summed E-state index contributed by atoms with van der Waals surface area (Å²) in [6, 6.07) is 7.96. The van der Waals surface area contributed by atoms with E-state index in [0.717, 1.165) is 12.1 Å². The van der Waals surface area contributed by atoms with Crippen LogP contribution in [-0.2, 0) is 4.79 Å². The summed E-state index contributed by atoms with van der Waals surface area (Å²) in [5.41, 5.74) is 7.72. The Kier molecular flexibility index (Phi) is 5.86. The predicted octanol–water partition coefficient (Wildman–Crippen LogP) is 3.12. The van der Waals surface area contributed by atoms with Crippen LogP contribution in [0.3, 0.4) is 0 Å². The molecule has 18 heavy (non-hydrogen) atoms. The maximum Gasteiger partial charge on any atom is 0.224 e. The van der Waals surface area contributed by atoms with E-state index in [2.05, 4.69) is 32.2 Å². The monoisotopic (exact) mass is 248 g/mol. The quantitative estimate of drug-likeness (QED) is 0.812. The van der Waals surface area contributed by atoms with Crippen LogP contribution in [0, 0.1) is 5.92 Å². The summed E-state index contributed by atoms with van der Waals surface area (Å²) < 4.78 is 0. The predicted molar refractivity (Wildman–Crippen MR) is 76.6 cm³/mol. The zero-order valence-corrected chi connectivity index (χ0v) is 11.6. The van der Waals surface area contributed by atoms with E-state index in [1.807, 2.05) is 18.2 Å². The molecule has 3 N–H and O–H groups in total. The average Bonchev–Trinajstić information content (AvgIpc) is 2.36. The zero-order chi connectivity index (χ0) is 13.5. The first-order valence-electron chi connectivity index (χ1n) is 6.67. The van der Waals surface area contributed by atoms with Gasteiger partial charge >= 0.3 is 0 Å². The van der Waals surface area contributed by atoms with Gasteiger partial charge in [0.15, 0.2) is 0 Å². The largest absolute Gasteiger partial charge is 0.330 e. The first-order chi connectivity index (χ1) is 8.58. The van der Waals surface area contributed by atoms with Crippen LogP contribution in [0.1, 0.15) is 45.1 Å². The maximum atomic E-state index is 11.9. The fraction of sp³-hybridized carbons (Fsp3) is 0.533. The fourth-order valence-corrected chi connectivity index (χ4v) is 1.97. The Morgan fingerprint density at radius 2 is 2.00 bits per heavy atom. The first kappa shape index (κ1) is 14.7. The highest BCUT2D eigenvalue weighted by Crippen LogP contribution is 2.24. The van der Waals surface area contributed by atoms with Crippen molar-refractivity contribution in [3.8, 4) is 0 Å². The molecule has 0 saturated carbocycles. The van der Waals surface area contributed by atoms with Gasteiger partial charge < -0.3 is 11.1 Å². The molecule has 0 aliphatic heterocycles. The van der Waals surface area contributed by atoms with Crippen molar-refractivity contribution in [2.24, 2.45) is 11.7 Å². The van der Waals surface area contributed by atoms with Gasteiger partial charge in [0.1, 0.15) is 0 Å². The molecule has 1 aromatic carbocycles. The zero-order valence-electron chi connectivity index (χ0n) is 11.6. The molecule has 0 aliphatic rings. The lowest BCUT2D eigenvalue weighted by Crippen LogP contribution is -2.22. The SMILES string of the molecule is CCC(CN)CC(=O)Nc1ccccc1C(C)C. The Morgan fingerprint density at radius 3 is 2.56 bits per heavy atom. The van der Waals surface area contributed by atoms with Gasteiger partial charge in [0.05, 0.1) is 0 Å². The van der Waals surface area contributed by atoms with Crippen molar-refractivity contribution in [3.63, 3.8) is 0 Å². The normalized spacial score (nSPS) is 12.5. The minimum atomic E-state index is 0.0559. The second kappa shape index (κ2) is 7.17. The van der Waals surface area contributed by atoms with Crippen LogP contribution in [0.4, 0.5) is 5.69 Å². The van der Waals surface area contributed by atoms with E-state index < -0.39 is 0 Å². The molecule has 0 radical (unpaired) electrons. The number of carbonyl (C=O) groups is 1. The number of anilines is 1. The Balaban J connectivity index is 2.70. The smallest absolute Gasteiger partial charge is 0.224 e. The van der Waals surface area contributed by atoms with E-state index in [0.29, 0.717) is 18.9 Å². The van der Waals surface area contributed by atoms with Crippen molar-refractivity contribution >= 4 is 11.6 Å². The van der Waals surface area contributed by atoms with Crippen LogP contribution < -0.4 is 11.1 Å². The van der Waals surface area contributed by atoms with Gasteiger partial charge in [-0.25, -0.2) is 0 Å². The third-order valence-electron chi connectivity index (χ3n) is 3.24. The third-order valence-corrected chi connectivity index (χ3v) is 3.24. The van der Waals surface area contributed by atoms with E-state index in [1.54, 1.807) is 0 Å². The molecule has 0 aromatic heterocycles.